The van der Waals surface area contributed by atoms with Crippen LogP contribution in [0.1, 0.15) is 32.8 Å². The SMILES string of the molecule is CC(C)(C)OC(=O)N(COCC[Si](C)(C)C)C1=N[C@](CF)(c2cc(Br)ccc2F)[C@@H]2C[C@]2(/C=C/C#N)S1. The van der Waals surface area contributed by atoms with Gasteiger partial charge in [0.1, 0.15) is 30.4 Å². The first kappa shape index (κ1) is 29.8. The molecule has 0 aromatic heterocycles. The van der Waals surface area contributed by atoms with Gasteiger partial charge in [0.2, 0.25) is 0 Å². The summed E-state index contributed by atoms with van der Waals surface area (Å²) in [5.41, 5.74) is -2.27. The second-order valence-corrected chi connectivity index (χ2v) is 19.5. The molecule has 11 heteroatoms. The van der Waals surface area contributed by atoms with E-state index in [1.807, 2.05) is 6.07 Å². The number of carbonyl (C=O) groups is 1. The molecule has 0 bridgehead atoms. The largest absolute Gasteiger partial charge is 0.443 e. The number of carbonyl (C=O) groups excluding carboxylic acids is 1. The Labute approximate surface area is 231 Å². The van der Waals surface area contributed by atoms with Crippen LogP contribution in [0.15, 0.2) is 39.8 Å². The third-order valence-corrected chi connectivity index (χ3v) is 9.86. The number of halogens is 3. The molecule has 1 fully saturated rings. The van der Waals surface area contributed by atoms with Gasteiger partial charge in [-0.1, -0.05) is 53.4 Å². The van der Waals surface area contributed by atoms with E-state index >= 15 is 8.78 Å². The van der Waals surface area contributed by atoms with Crippen molar-refractivity contribution < 1.29 is 23.0 Å². The lowest BCUT2D eigenvalue weighted by Gasteiger charge is -2.38. The van der Waals surface area contributed by atoms with Crippen LogP contribution in [0.25, 0.3) is 0 Å². The molecule has 1 aliphatic heterocycles. The average Bonchev–Trinajstić information content (AvgIpc) is 3.52. The quantitative estimate of drug-likeness (QED) is 0.134. The zero-order chi connectivity index (χ0) is 27.6. The maximum atomic E-state index is 15.2. The molecule has 0 unspecified atom stereocenters. The topological polar surface area (TPSA) is 74.9 Å². The molecule has 1 aliphatic carbocycles. The lowest BCUT2D eigenvalue weighted by Crippen LogP contribution is -2.46. The molecule has 2 aliphatic rings. The molecule has 202 valence electrons. The first-order valence-corrected chi connectivity index (χ1v) is 17.4. The van der Waals surface area contributed by atoms with E-state index in [9.17, 15) is 10.1 Å². The van der Waals surface area contributed by atoms with E-state index in [0.29, 0.717) is 17.5 Å². The minimum absolute atomic E-state index is 0.100. The number of nitriles is 1. The number of hydrogen-bond donors (Lipinski definition) is 0. The van der Waals surface area contributed by atoms with E-state index in [1.54, 1.807) is 32.9 Å². The third kappa shape index (κ3) is 7.02. The predicted molar refractivity (Wildman–Crippen MR) is 149 cm³/mol. The van der Waals surface area contributed by atoms with E-state index < -0.39 is 48.5 Å². The van der Waals surface area contributed by atoms with Gasteiger partial charge in [0, 0.05) is 41.5 Å². The fraction of sp³-hybridized carbons (Fsp3) is 0.577. The average molecular weight is 615 g/mol. The van der Waals surface area contributed by atoms with Gasteiger partial charge in [-0.3, -0.25) is 0 Å². The summed E-state index contributed by atoms with van der Waals surface area (Å²) in [5.74, 6) is -0.989. The van der Waals surface area contributed by atoms with Gasteiger partial charge in [-0.2, -0.15) is 5.26 Å². The number of nitrogens with zero attached hydrogens (tertiary/aromatic N) is 3. The minimum Gasteiger partial charge on any atom is -0.443 e. The molecule has 1 heterocycles. The molecule has 6 nitrogen and oxygen atoms in total. The van der Waals surface area contributed by atoms with E-state index in [0.717, 1.165) is 6.04 Å². The van der Waals surface area contributed by atoms with Gasteiger partial charge in [0.25, 0.3) is 0 Å². The molecule has 3 rings (SSSR count). The van der Waals surface area contributed by atoms with Crippen LogP contribution in [0.5, 0.6) is 0 Å². The number of amidine groups is 1. The summed E-state index contributed by atoms with van der Waals surface area (Å²) in [7, 11) is -1.38. The molecule has 0 N–H and O–H groups in total. The predicted octanol–water partition coefficient (Wildman–Crippen LogP) is 7.24. The van der Waals surface area contributed by atoms with Crippen LogP contribution < -0.4 is 0 Å². The van der Waals surface area contributed by atoms with Crippen LogP contribution in [0, 0.1) is 23.1 Å². The minimum atomic E-state index is -1.58. The zero-order valence-electron chi connectivity index (χ0n) is 22.1. The Morgan fingerprint density at radius 1 is 1.41 bits per heavy atom. The van der Waals surface area contributed by atoms with Crippen molar-refractivity contribution in [2.24, 2.45) is 10.9 Å². The zero-order valence-corrected chi connectivity index (χ0v) is 25.5. The summed E-state index contributed by atoms with van der Waals surface area (Å²) in [6.45, 7) is 11.3. The van der Waals surface area contributed by atoms with E-state index in [2.05, 4.69) is 35.6 Å². The van der Waals surface area contributed by atoms with Crippen LogP contribution in [0.3, 0.4) is 0 Å². The molecular formula is C26H34BrF2N3O3SSi. The van der Waals surface area contributed by atoms with Crippen molar-refractivity contribution in [3.05, 3.63) is 46.2 Å². The van der Waals surface area contributed by atoms with Crippen LogP contribution in [-0.4, -0.2) is 54.6 Å². The second kappa shape index (κ2) is 11.2. The fourth-order valence-corrected chi connectivity index (χ4v) is 6.84. The van der Waals surface area contributed by atoms with Crippen molar-refractivity contribution >= 4 is 47.0 Å². The Morgan fingerprint density at radius 3 is 2.70 bits per heavy atom. The molecule has 0 saturated heterocycles. The maximum Gasteiger partial charge on any atom is 0.418 e. The number of allylic oxidation sites excluding steroid dienone is 1. The monoisotopic (exact) mass is 613 g/mol. The molecule has 1 aromatic carbocycles. The van der Waals surface area contributed by atoms with Gasteiger partial charge in [-0.05, 0) is 51.4 Å². The lowest BCUT2D eigenvalue weighted by molar-refractivity contribution is 0.0109. The normalized spacial score (nSPS) is 25.3. The van der Waals surface area contributed by atoms with Gasteiger partial charge in [0.05, 0.1) is 6.07 Å². The summed E-state index contributed by atoms with van der Waals surface area (Å²) in [5, 5.41) is 9.37. The van der Waals surface area contributed by atoms with Gasteiger partial charge in [-0.25, -0.2) is 23.5 Å². The van der Waals surface area contributed by atoms with Crippen molar-refractivity contribution in [3.63, 3.8) is 0 Å². The highest BCUT2D eigenvalue weighted by atomic mass is 79.9. The van der Waals surface area contributed by atoms with E-state index in [1.165, 1.54) is 34.9 Å². The molecule has 1 aromatic rings. The first-order chi connectivity index (χ1) is 17.2. The van der Waals surface area contributed by atoms with Crippen molar-refractivity contribution in [2.45, 2.75) is 68.8 Å². The Bertz CT molecular complexity index is 1130. The summed E-state index contributed by atoms with van der Waals surface area (Å²) in [6.07, 6.45) is 2.83. The van der Waals surface area contributed by atoms with Gasteiger partial charge in [0.15, 0.2) is 5.17 Å². The van der Waals surface area contributed by atoms with Crippen molar-refractivity contribution in [1.29, 1.82) is 5.26 Å². The van der Waals surface area contributed by atoms with Crippen molar-refractivity contribution in [3.8, 4) is 6.07 Å². The smallest absolute Gasteiger partial charge is 0.418 e. The standard InChI is InChI=1S/C26H34BrF2N3O3SSi/c1-24(2,3)35-23(33)32(17-34-12-13-37(4,5)6)22-31-26(16-28,19-14-18(27)8-9-20(19)29)21-15-25(21,36-22)10-7-11-30/h7-10,14,21H,12-13,15-17H2,1-6H3/b10-7+/t21-,25+,26-/m1/s1. The summed E-state index contributed by atoms with van der Waals surface area (Å²) >= 11 is 4.62. The van der Waals surface area contributed by atoms with Crippen LogP contribution >= 0.6 is 27.7 Å². The lowest BCUT2D eigenvalue weighted by atomic mass is 9.85. The Kier molecular flexibility index (Phi) is 8.99. The number of ether oxygens (including phenoxy) is 2. The maximum absolute atomic E-state index is 15.2. The van der Waals surface area contributed by atoms with Gasteiger partial charge in [-0.15, -0.1) is 0 Å². The molecule has 37 heavy (non-hydrogen) atoms. The molecule has 0 spiro atoms. The molecule has 1 saturated carbocycles. The Balaban J connectivity index is 2.09. The van der Waals surface area contributed by atoms with Gasteiger partial charge >= 0.3 is 6.09 Å². The van der Waals surface area contributed by atoms with Crippen LogP contribution in [0.2, 0.25) is 25.7 Å². The highest BCUT2D eigenvalue weighted by molar-refractivity contribution is 9.10. The highest BCUT2D eigenvalue weighted by Crippen LogP contribution is 2.67. The van der Waals surface area contributed by atoms with Crippen molar-refractivity contribution in [2.75, 3.05) is 20.0 Å². The number of amides is 1. The number of hydrogen-bond acceptors (Lipinski definition) is 6. The summed E-state index contributed by atoms with van der Waals surface area (Å²) < 4.78 is 41.7. The first-order valence-electron chi connectivity index (χ1n) is 12.1. The number of rotatable bonds is 8. The Hall–Kier alpha value is -1.74. The second-order valence-electron chi connectivity index (χ2n) is 11.6. The number of alkyl halides is 1. The van der Waals surface area contributed by atoms with E-state index in [4.69, 9.17) is 14.5 Å². The van der Waals surface area contributed by atoms with Gasteiger partial charge < -0.3 is 9.47 Å². The summed E-state index contributed by atoms with van der Waals surface area (Å²) in [4.78, 5) is 19.3. The molecule has 1 amide bonds. The molecule has 0 radical (unpaired) electrons. The van der Waals surface area contributed by atoms with Crippen LogP contribution in [0.4, 0.5) is 13.6 Å². The van der Waals surface area contributed by atoms with E-state index in [-0.39, 0.29) is 17.5 Å². The molecular weight excluding hydrogens is 580 g/mol. The number of benzene rings is 1. The number of thioether (sulfide) groups is 1. The third-order valence-electron chi connectivity index (χ3n) is 6.21. The Morgan fingerprint density at radius 2 is 2.11 bits per heavy atom. The van der Waals surface area contributed by atoms with Crippen LogP contribution in [-0.2, 0) is 15.0 Å². The number of fused-ring (bicyclic) bond motifs is 1. The fourth-order valence-electron chi connectivity index (χ4n) is 4.21. The number of aliphatic imine (C=N–C) groups is 1. The molecule has 3 atom stereocenters. The highest BCUT2D eigenvalue weighted by Gasteiger charge is 2.68. The van der Waals surface area contributed by atoms with Crippen molar-refractivity contribution in [1.82, 2.24) is 4.90 Å². The summed E-state index contributed by atoms with van der Waals surface area (Å²) in [6, 6.07) is 7.23.